The number of hydrogen-bond donors (Lipinski definition) is 1. The number of hydrogen-bond acceptors (Lipinski definition) is 6. The molecule has 1 N–H and O–H groups in total. The van der Waals surface area contributed by atoms with Crippen LogP contribution in [-0.4, -0.2) is 92.9 Å². The Labute approximate surface area is 176 Å². The number of nitrogens with zero attached hydrogens (tertiary/aromatic N) is 2. The van der Waals surface area contributed by atoms with Crippen LogP contribution in [0.3, 0.4) is 0 Å². The van der Waals surface area contributed by atoms with Gasteiger partial charge in [-0.05, 0) is 25.2 Å². The molecule has 1 saturated heterocycles. The van der Waals surface area contributed by atoms with Crippen LogP contribution in [-0.2, 0) is 19.5 Å². The fraction of sp³-hybridized carbons (Fsp3) is 0.944. The molecule has 1 heterocycles. The number of halogens is 3. The van der Waals surface area contributed by atoms with Crippen molar-refractivity contribution in [1.82, 2.24) is 9.21 Å². The second-order valence-corrected chi connectivity index (χ2v) is 9.92. The Morgan fingerprint density at radius 3 is 2.47 bits per heavy atom. The molecule has 1 aliphatic heterocycles. The number of sulfonamides is 1. The fourth-order valence-corrected chi connectivity index (χ4v) is 4.79. The molecule has 0 aliphatic carbocycles. The maximum atomic E-state index is 12.7. The first kappa shape index (κ1) is 26.9. The number of likely N-dealkylation sites (N-methyl/N-ethyl adjacent to an activating group) is 1. The molecule has 0 spiro atoms. The molecule has 0 bridgehead atoms. The highest BCUT2D eigenvalue weighted by Crippen LogP contribution is 2.23. The summed E-state index contributed by atoms with van der Waals surface area (Å²) in [6, 6.07) is -0.351. The number of rotatable bonds is 6. The number of alkyl halides is 3. The number of ether oxygens (including phenoxy) is 2. The first-order valence-corrected chi connectivity index (χ1v) is 11.7. The number of aliphatic hydroxyl groups excluding tert-OH is 1. The van der Waals surface area contributed by atoms with E-state index in [9.17, 15) is 26.4 Å². The Kier molecular flexibility index (Phi) is 10.8. The Morgan fingerprint density at radius 2 is 1.90 bits per heavy atom. The van der Waals surface area contributed by atoms with E-state index in [-0.39, 0.29) is 44.0 Å². The van der Waals surface area contributed by atoms with Crippen LogP contribution in [0.1, 0.15) is 39.5 Å². The fourth-order valence-electron chi connectivity index (χ4n) is 3.09. The highest BCUT2D eigenvalue weighted by molar-refractivity contribution is 7.89. The largest absolute Gasteiger partial charge is 0.434 e. The predicted octanol–water partition coefficient (Wildman–Crippen LogP) is 2.23. The van der Waals surface area contributed by atoms with Crippen LogP contribution in [0.4, 0.5) is 18.0 Å². The molecule has 0 aromatic heterocycles. The van der Waals surface area contributed by atoms with Gasteiger partial charge in [0.1, 0.15) is 0 Å². The van der Waals surface area contributed by atoms with Gasteiger partial charge in [0.2, 0.25) is 16.1 Å². The normalized spacial score (nSPS) is 21.4. The minimum absolute atomic E-state index is 0.0138. The van der Waals surface area contributed by atoms with Gasteiger partial charge >= 0.3 is 12.3 Å². The van der Waals surface area contributed by atoms with Gasteiger partial charge in [0.25, 0.3) is 0 Å². The molecular formula is C18H33F3N2O6S. The lowest BCUT2D eigenvalue weighted by Crippen LogP contribution is -2.42. The molecule has 2 atom stereocenters. The lowest BCUT2D eigenvalue weighted by Gasteiger charge is -2.28. The monoisotopic (exact) mass is 462 g/mol. The molecule has 0 radical (unpaired) electrons. The number of carbonyl (C=O) groups is 1. The molecule has 30 heavy (non-hydrogen) atoms. The van der Waals surface area contributed by atoms with Gasteiger partial charge in [0.05, 0.1) is 19.0 Å². The lowest BCUT2D eigenvalue weighted by atomic mass is 10.1. The van der Waals surface area contributed by atoms with Crippen LogP contribution < -0.4 is 0 Å². The molecule has 0 unspecified atom stereocenters. The molecule has 12 heteroatoms. The smallest absolute Gasteiger partial charge is 0.427 e. The summed E-state index contributed by atoms with van der Waals surface area (Å²) < 4.78 is 74.5. The van der Waals surface area contributed by atoms with Gasteiger partial charge in [-0.1, -0.05) is 20.3 Å². The minimum atomic E-state index is -4.85. The molecule has 8 nitrogen and oxygen atoms in total. The zero-order valence-corrected chi connectivity index (χ0v) is 18.5. The van der Waals surface area contributed by atoms with Gasteiger partial charge < -0.3 is 19.5 Å². The summed E-state index contributed by atoms with van der Waals surface area (Å²) in [7, 11) is -1.90. The van der Waals surface area contributed by atoms with E-state index in [0.29, 0.717) is 25.7 Å². The van der Waals surface area contributed by atoms with Crippen molar-refractivity contribution in [3.05, 3.63) is 0 Å². The third kappa shape index (κ3) is 8.94. The topological polar surface area (TPSA) is 96.4 Å². The number of aliphatic hydroxyl groups is 1. The minimum Gasteiger partial charge on any atom is -0.434 e. The van der Waals surface area contributed by atoms with Gasteiger partial charge in [-0.15, -0.1) is 0 Å². The Bertz CT molecular complexity index is 630. The van der Waals surface area contributed by atoms with Crippen LogP contribution >= 0.6 is 0 Å². The van der Waals surface area contributed by atoms with Crippen LogP contribution in [0.5, 0.6) is 0 Å². The third-order valence-corrected chi connectivity index (χ3v) is 7.04. The van der Waals surface area contributed by atoms with Crippen LogP contribution in [0.2, 0.25) is 0 Å². The summed E-state index contributed by atoms with van der Waals surface area (Å²) in [6.07, 6.45) is -6.66. The standard InChI is InChI=1S/C18H33F3N2O6S/c1-14(2)13-30(26,27)22(3)15-7-4-5-8-23(9-6-10-28-12-15)17(25)29-16(11-24)18(19,20)21/h14-16,24H,4-13H2,1-3H3/t15-,16-/m1/s1. The van der Waals surface area contributed by atoms with E-state index in [1.807, 2.05) is 13.8 Å². The van der Waals surface area contributed by atoms with Crippen molar-refractivity contribution in [3.8, 4) is 0 Å². The van der Waals surface area contributed by atoms with Gasteiger partial charge in [0, 0.05) is 32.8 Å². The van der Waals surface area contributed by atoms with Crippen molar-refractivity contribution in [1.29, 1.82) is 0 Å². The van der Waals surface area contributed by atoms with E-state index in [0.717, 1.165) is 4.90 Å². The summed E-state index contributed by atoms with van der Waals surface area (Å²) in [4.78, 5) is 13.3. The molecule has 1 aliphatic rings. The molecule has 178 valence electrons. The second kappa shape index (κ2) is 12.1. The van der Waals surface area contributed by atoms with Crippen LogP contribution in [0.15, 0.2) is 0 Å². The summed E-state index contributed by atoms with van der Waals surface area (Å²) in [5, 5.41) is 8.84. The van der Waals surface area contributed by atoms with Crippen molar-refractivity contribution in [3.63, 3.8) is 0 Å². The summed E-state index contributed by atoms with van der Waals surface area (Å²) >= 11 is 0. The maximum Gasteiger partial charge on any atom is 0.427 e. The summed E-state index contributed by atoms with van der Waals surface area (Å²) in [5.41, 5.74) is 0. The van der Waals surface area contributed by atoms with Gasteiger partial charge in [0.15, 0.2) is 0 Å². The van der Waals surface area contributed by atoms with E-state index in [4.69, 9.17) is 9.84 Å². The molecule has 0 aromatic rings. The zero-order chi connectivity index (χ0) is 22.9. The zero-order valence-electron chi connectivity index (χ0n) is 17.7. The van der Waals surface area contributed by atoms with E-state index < -0.39 is 35.0 Å². The van der Waals surface area contributed by atoms with Crippen molar-refractivity contribution in [2.75, 3.05) is 45.7 Å². The highest BCUT2D eigenvalue weighted by Gasteiger charge is 2.43. The van der Waals surface area contributed by atoms with Gasteiger partial charge in [-0.2, -0.15) is 17.5 Å². The lowest BCUT2D eigenvalue weighted by molar-refractivity contribution is -0.214. The van der Waals surface area contributed by atoms with Crippen molar-refractivity contribution < 1.29 is 41.0 Å². The number of carbonyl (C=O) groups excluding carboxylic acids is 1. The predicted molar refractivity (Wildman–Crippen MR) is 104 cm³/mol. The van der Waals surface area contributed by atoms with E-state index in [1.165, 1.54) is 11.4 Å². The molecule has 1 amide bonds. The SMILES string of the molecule is CC(C)CS(=O)(=O)N(C)[C@@H]1CCCCN(C(=O)O[C@H](CO)C(F)(F)F)CCCOC1. The average molecular weight is 463 g/mol. The Hall–Kier alpha value is -1.11. The van der Waals surface area contributed by atoms with Crippen molar-refractivity contribution in [2.24, 2.45) is 5.92 Å². The van der Waals surface area contributed by atoms with E-state index in [2.05, 4.69) is 4.74 Å². The molecule has 0 saturated carbocycles. The molecule has 0 aromatic carbocycles. The quantitative estimate of drug-likeness (QED) is 0.650. The van der Waals surface area contributed by atoms with Crippen LogP contribution in [0, 0.1) is 5.92 Å². The molecular weight excluding hydrogens is 429 g/mol. The Morgan fingerprint density at radius 1 is 1.27 bits per heavy atom. The van der Waals surface area contributed by atoms with Crippen molar-refractivity contribution >= 4 is 16.1 Å². The van der Waals surface area contributed by atoms with E-state index >= 15 is 0 Å². The first-order chi connectivity index (χ1) is 13.9. The average Bonchev–Trinajstić information content (AvgIpc) is 2.67. The summed E-state index contributed by atoms with van der Waals surface area (Å²) in [5.74, 6) is 0.0188. The Balaban J connectivity index is 2.71. The summed E-state index contributed by atoms with van der Waals surface area (Å²) in [6.45, 7) is 3.05. The maximum absolute atomic E-state index is 12.7. The van der Waals surface area contributed by atoms with Crippen molar-refractivity contribution in [2.45, 2.75) is 57.9 Å². The molecule has 1 fully saturated rings. The third-order valence-electron chi connectivity index (χ3n) is 4.77. The van der Waals surface area contributed by atoms with Gasteiger partial charge in [-0.3, -0.25) is 0 Å². The first-order valence-electron chi connectivity index (χ1n) is 10.0. The van der Waals surface area contributed by atoms with Gasteiger partial charge in [-0.25, -0.2) is 13.2 Å². The van der Waals surface area contributed by atoms with E-state index in [1.54, 1.807) is 0 Å². The van der Waals surface area contributed by atoms with Crippen LogP contribution in [0.25, 0.3) is 0 Å². The number of amides is 1. The second-order valence-electron chi connectivity index (χ2n) is 7.85. The molecule has 1 rings (SSSR count). The highest BCUT2D eigenvalue weighted by atomic mass is 32.2.